The van der Waals surface area contributed by atoms with Crippen LogP contribution in [-0.2, 0) is 32.3 Å². The first kappa shape index (κ1) is 51.6. The zero-order chi connectivity index (χ0) is 48.0. The maximum absolute atomic E-state index is 13.0. The summed E-state index contributed by atoms with van der Waals surface area (Å²) in [6, 6.07) is 21.7. The highest BCUT2D eigenvalue weighted by molar-refractivity contribution is 6.99. The zero-order valence-electron chi connectivity index (χ0n) is 43.1. The molecule has 0 heterocycles. The van der Waals surface area contributed by atoms with Crippen molar-refractivity contribution < 1.29 is 32.3 Å². The third-order valence-corrected chi connectivity index (χ3v) is 27.3. The summed E-state index contributed by atoms with van der Waals surface area (Å²) in [5.74, 6) is 8.92. The lowest BCUT2D eigenvalue weighted by Crippen LogP contribution is -2.68. The predicted octanol–water partition coefficient (Wildman–Crippen LogP) is 12.0. The first-order chi connectivity index (χ1) is 30.0. The lowest BCUT2D eigenvalue weighted by atomic mass is 9.44. The van der Waals surface area contributed by atoms with E-state index >= 15 is 0 Å². The Morgan fingerprint density at radius 1 is 0.769 bits per heavy atom. The molecule has 0 aromatic heterocycles. The van der Waals surface area contributed by atoms with Gasteiger partial charge in [-0.05, 0) is 134 Å². The molecular weight excluding hydrogens is 857 g/mol. The summed E-state index contributed by atoms with van der Waals surface area (Å²) < 4.78 is 34.6. The molecule has 4 aliphatic rings. The van der Waals surface area contributed by atoms with Gasteiger partial charge in [-0.2, -0.15) is 0 Å². The molecule has 4 aliphatic carbocycles. The molecule has 3 fully saturated rings. The maximum atomic E-state index is 13.0. The average molecular weight is 942 g/mol. The molecule has 2 aromatic carbocycles. The molecule has 2 aromatic rings. The molecule has 3 saturated carbocycles. The van der Waals surface area contributed by atoms with E-state index in [1.54, 1.807) is 6.92 Å². The van der Waals surface area contributed by atoms with Gasteiger partial charge < -0.3 is 22.8 Å². The van der Waals surface area contributed by atoms with Gasteiger partial charge in [-0.3, -0.25) is 9.59 Å². The van der Waals surface area contributed by atoms with Gasteiger partial charge in [-0.25, -0.2) is 0 Å². The summed E-state index contributed by atoms with van der Waals surface area (Å²) >= 11 is 0. The highest BCUT2D eigenvalue weighted by Crippen LogP contribution is 2.67. The SMILES string of the molecule is CC(=O)O[C@H]1CC[C@@]2(C)[C@@H](CC[C@@H]3[C@@H]2C[C@@H](OC(C)=O)[C@]2(C)C(C#C[C@@H](C[C@@](C)(CO[Si](c4ccccc4)(c4ccccc4)C(C)(C)C)O[Si](C)(C)C)O[Si](C)(C)C(C)(C)C)=CC[C@@H]32)C1. The molecule has 10 heteroatoms. The van der Waals surface area contributed by atoms with Gasteiger partial charge in [0.25, 0.3) is 8.32 Å². The van der Waals surface area contributed by atoms with Crippen molar-refractivity contribution >= 4 is 47.3 Å². The van der Waals surface area contributed by atoms with Crippen LogP contribution in [0.15, 0.2) is 72.3 Å². The van der Waals surface area contributed by atoms with Gasteiger partial charge in [0.2, 0.25) is 0 Å². The Labute approximate surface area is 397 Å². The standard InChI is InChI=1S/C55H84O7Si3/c1-39(56)59-43-33-34-54(10)42(35-43)28-31-47-48-32-29-41(55(48,11)50(36-49(47)54)60-40(2)57)27-30-44(61-64(15,16)51(3,4)5)37-53(9,62-63(12,13)14)38-58-65(52(6,7)8,45-23-19-17-20-24-45)46-25-21-18-22-26-46/h17-26,29,42-44,47-50H,28,31-38H2,1-16H3/t42-,43-,44-,47-,48-,49-,50+,53-,54-,55+/m0/s1. The van der Waals surface area contributed by atoms with E-state index in [1.807, 2.05) is 0 Å². The third kappa shape index (κ3) is 10.8. The van der Waals surface area contributed by atoms with Crippen LogP contribution in [0.4, 0.5) is 0 Å². The first-order valence-electron chi connectivity index (χ1n) is 24.7. The minimum atomic E-state index is -2.90. The molecule has 0 bridgehead atoms. The Morgan fingerprint density at radius 3 is 1.88 bits per heavy atom. The first-order valence-corrected chi connectivity index (χ1v) is 33.0. The summed E-state index contributed by atoms with van der Waals surface area (Å²) in [6.07, 6.45) is 9.07. The van der Waals surface area contributed by atoms with Crippen molar-refractivity contribution in [2.24, 2.45) is 34.5 Å². The van der Waals surface area contributed by atoms with Crippen LogP contribution in [0.25, 0.3) is 0 Å². The third-order valence-electron chi connectivity index (χ3n) is 16.7. The van der Waals surface area contributed by atoms with Gasteiger partial charge in [0.05, 0.1) is 12.2 Å². The molecule has 0 unspecified atom stereocenters. The number of allylic oxidation sites excluding steroid dienone is 1. The van der Waals surface area contributed by atoms with Crippen LogP contribution in [-0.4, -0.2) is 67.4 Å². The normalized spacial score (nSPS) is 29.7. The molecule has 10 atom stereocenters. The lowest BCUT2D eigenvalue weighted by molar-refractivity contribution is -0.184. The summed E-state index contributed by atoms with van der Waals surface area (Å²) in [7, 11) is -7.39. The second-order valence-electron chi connectivity index (χ2n) is 24.6. The van der Waals surface area contributed by atoms with E-state index in [-0.39, 0.29) is 39.6 Å². The van der Waals surface area contributed by atoms with Crippen molar-refractivity contribution in [1.29, 1.82) is 0 Å². The van der Waals surface area contributed by atoms with Gasteiger partial charge in [0.15, 0.2) is 16.6 Å². The van der Waals surface area contributed by atoms with E-state index < -0.39 is 42.1 Å². The van der Waals surface area contributed by atoms with Crippen molar-refractivity contribution in [3.63, 3.8) is 0 Å². The molecule has 358 valence electrons. The van der Waals surface area contributed by atoms with Crippen molar-refractivity contribution in [3.8, 4) is 11.8 Å². The average Bonchev–Trinajstić information content (AvgIpc) is 3.53. The summed E-state index contributed by atoms with van der Waals surface area (Å²) in [5.41, 5.74) is 0.0617. The Balaban J connectivity index is 1.37. The smallest absolute Gasteiger partial charge is 0.302 e. The van der Waals surface area contributed by atoms with Crippen LogP contribution in [0.3, 0.4) is 0 Å². The Hall–Kier alpha value is -2.79. The number of carbonyl (C=O) groups excluding carboxylic acids is 2. The number of fused-ring (bicyclic) bond motifs is 5. The fraction of sp³-hybridized carbons (Fsp3) is 0.673. The van der Waals surface area contributed by atoms with Crippen LogP contribution in [0.2, 0.25) is 42.8 Å². The maximum Gasteiger partial charge on any atom is 0.302 e. The quantitative estimate of drug-likeness (QED) is 0.112. The highest BCUT2D eigenvalue weighted by atomic mass is 28.4. The molecule has 6 rings (SSSR count). The van der Waals surface area contributed by atoms with E-state index in [4.69, 9.17) is 22.8 Å². The largest absolute Gasteiger partial charge is 0.463 e. The fourth-order valence-corrected chi connectivity index (χ4v) is 20.2. The number of esters is 2. The van der Waals surface area contributed by atoms with E-state index in [0.717, 1.165) is 50.5 Å². The van der Waals surface area contributed by atoms with Crippen molar-refractivity contribution in [3.05, 3.63) is 72.3 Å². The van der Waals surface area contributed by atoms with Crippen LogP contribution in [0, 0.1) is 46.3 Å². The van der Waals surface area contributed by atoms with Gasteiger partial charge in [-0.15, -0.1) is 0 Å². The minimum absolute atomic E-state index is 0.00263. The Bertz CT molecular complexity index is 2050. The second kappa shape index (κ2) is 19.0. The number of hydrogen-bond acceptors (Lipinski definition) is 7. The number of rotatable bonds is 13. The van der Waals surface area contributed by atoms with Crippen LogP contribution >= 0.6 is 0 Å². The summed E-state index contributed by atoms with van der Waals surface area (Å²) in [4.78, 5) is 25.0. The number of benzene rings is 2. The predicted molar refractivity (Wildman–Crippen MR) is 273 cm³/mol. The molecular formula is C55H84O7Si3. The highest BCUT2D eigenvalue weighted by Gasteiger charge is 2.63. The molecule has 65 heavy (non-hydrogen) atoms. The van der Waals surface area contributed by atoms with Gasteiger partial charge in [0, 0.05) is 31.3 Å². The van der Waals surface area contributed by atoms with Gasteiger partial charge in [0.1, 0.15) is 18.3 Å². The van der Waals surface area contributed by atoms with Gasteiger partial charge >= 0.3 is 11.9 Å². The molecule has 0 saturated heterocycles. The van der Waals surface area contributed by atoms with E-state index in [2.05, 4.69) is 174 Å². The fourth-order valence-electron chi connectivity index (χ4n) is 12.7. The molecule has 0 spiro atoms. The molecule has 7 nitrogen and oxygen atoms in total. The summed E-state index contributed by atoms with van der Waals surface area (Å²) in [5, 5.41) is 2.26. The lowest BCUT2D eigenvalue weighted by Gasteiger charge is -2.62. The molecule has 0 amide bonds. The monoisotopic (exact) mass is 941 g/mol. The van der Waals surface area contributed by atoms with Gasteiger partial charge in [-0.1, -0.05) is 134 Å². The molecule has 0 aliphatic heterocycles. The van der Waals surface area contributed by atoms with Crippen molar-refractivity contribution in [2.75, 3.05) is 6.61 Å². The van der Waals surface area contributed by atoms with E-state index in [0.29, 0.717) is 36.7 Å². The van der Waals surface area contributed by atoms with Crippen LogP contribution in [0.1, 0.15) is 128 Å². The number of carbonyl (C=O) groups is 2. The van der Waals surface area contributed by atoms with E-state index in [1.165, 1.54) is 17.3 Å². The molecule has 0 radical (unpaired) electrons. The molecule has 0 N–H and O–H groups in total. The zero-order valence-corrected chi connectivity index (χ0v) is 46.1. The summed E-state index contributed by atoms with van der Waals surface area (Å²) in [6.45, 7) is 35.8. The Kier molecular flexibility index (Phi) is 15.0. The Morgan fingerprint density at radius 2 is 1.35 bits per heavy atom. The van der Waals surface area contributed by atoms with Crippen molar-refractivity contribution in [1.82, 2.24) is 0 Å². The van der Waals surface area contributed by atoms with Crippen LogP contribution < -0.4 is 10.4 Å². The minimum Gasteiger partial charge on any atom is -0.463 e. The van der Waals surface area contributed by atoms with E-state index in [9.17, 15) is 9.59 Å². The van der Waals surface area contributed by atoms with Crippen LogP contribution in [0.5, 0.6) is 0 Å². The second-order valence-corrected chi connectivity index (χ2v) is 38.1. The number of ether oxygens (including phenoxy) is 2. The van der Waals surface area contributed by atoms with Crippen molar-refractivity contribution in [2.45, 2.75) is 194 Å². The number of hydrogen-bond donors (Lipinski definition) is 0. The topological polar surface area (TPSA) is 80.3 Å².